The van der Waals surface area contributed by atoms with E-state index < -0.39 is 26.6 Å². The molecule has 8 heteroatoms. The Hall–Kier alpha value is -1.54. The Kier molecular flexibility index (Phi) is 3.31. The van der Waals surface area contributed by atoms with Crippen LogP contribution < -0.4 is 4.72 Å². The molecule has 0 aliphatic rings. The van der Waals surface area contributed by atoms with Gasteiger partial charge in [-0.2, -0.15) is 0 Å². The van der Waals surface area contributed by atoms with E-state index in [0.717, 1.165) is 23.5 Å². The van der Waals surface area contributed by atoms with Crippen molar-refractivity contribution < 1.29 is 17.2 Å². The first-order chi connectivity index (χ1) is 8.38. The SMILES string of the molecule is Cc1csc(NS(=O)(=O)c2ccc(F)cc2F)n1. The molecule has 0 saturated heterocycles. The Morgan fingerprint density at radius 1 is 1.33 bits per heavy atom. The number of thiazole rings is 1. The van der Waals surface area contributed by atoms with Gasteiger partial charge in [-0.05, 0) is 19.1 Å². The lowest BCUT2D eigenvalue weighted by molar-refractivity contribution is 0.551. The molecule has 2 aromatic rings. The molecule has 18 heavy (non-hydrogen) atoms. The fourth-order valence-corrected chi connectivity index (χ4v) is 3.27. The largest absolute Gasteiger partial charge is 0.266 e. The molecule has 0 aliphatic heterocycles. The van der Waals surface area contributed by atoms with Crippen LogP contribution >= 0.6 is 11.3 Å². The van der Waals surface area contributed by atoms with E-state index in [2.05, 4.69) is 9.71 Å². The molecule has 0 atom stereocenters. The van der Waals surface area contributed by atoms with Gasteiger partial charge in [-0.3, -0.25) is 4.72 Å². The maximum atomic E-state index is 13.4. The molecule has 0 amide bonds. The summed E-state index contributed by atoms with van der Waals surface area (Å²) in [5.41, 5.74) is 0.650. The van der Waals surface area contributed by atoms with Gasteiger partial charge in [0.1, 0.15) is 16.5 Å². The summed E-state index contributed by atoms with van der Waals surface area (Å²) in [6.45, 7) is 1.70. The van der Waals surface area contributed by atoms with Crippen molar-refractivity contribution in [2.45, 2.75) is 11.8 Å². The van der Waals surface area contributed by atoms with Crippen molar-refractivity contribution in [3.05, 3.63) is 40.9 Å². The van der Waals surface area contributed by atoms with E-state index in [1.807, 2.05) is 0 Å². The van der Waals surface area contributed by atoms with Crippen molar-refractivity contribution in [1.29, 1.82) is 0 Å². The average molecular weight is 290 g/mol. The van der Waals surface area contributed by atoms with Crippen LogP contribution in [0.5, 0.6) is 0 Å². The standard InChI is InChI=1S/C10H8F2N2O2S2/c1-6-5-17-10(13-6)14-18(15,16)9-3-2-7(11)4-8(9)12/h2-5H,1H3,(H,13,14). The fourth-order valence-electron chi connectivity index (χ4n) is 1.26. The van der Waals surface area contributed by atoms with Crippen molar-refractivity contribution >= 4 is 26.5 Å². The van der Waals surface area contributed by atoms with E-state index in [-0.39, 0.29) is 5.13 Å². The van der Waals surface area contributed by atoms with Crippen molar-refractivity contribution in [1.82, 2.24) is 4.98 Å². The summed E-state index contributed by atoms with van der Waals surface area (Å²) >= 11 is 1.08. The van der Waals surface area contributed by atoms with Gasteiger partial charge in [0, 0.05) is 11.4 Å². The maximum absolute atomic E-state index is 13.4. The van der Waals surface area contributed by atoms with E-state index in [1.54, 1.807) is 12.3 Å². The first-order valence-corrected chi connectivity index (χ1v) is 7.15. The molecular weight excluding hydrogens is 282 g/mol. The second-order valence-corrected chi connectivity index (χ2v) is 5.98. The number of aryl methyl sites for hydroxylation is 1. The number of benzene rings is 1. The molecule has 0 radical (unpaired) electrons. The molecule has 0 aliphatic carbocycles. The molecule has 0 saturated carbocycles. The molecule has 1 aromatic carbocycles. The third-order valence-electron chi connectivity index (χ3n) is 2.02. The molecule has 1 aromatic heterocycles. The minimum absolute atomic E-state index is 0.135. The predicted molar refractivity (Wildman–Crippen MR) is 64.0 cm³/mol. The lowest BCUT2D eigenvalue weighted by Gasteiger charge is -2.05. The van der Waals surface area contributed by atoms with Gasteiger partial charge in [0.05, 0.1) is 5.69 Å². The van der Waals surface area contributed by atoms with E-state index >= 15 is 0 Å². The van der Waals surface area contributed by atoms with Gasteiger partial charge < -0.3 is 0 Å². The molecule has 4 nitrogen and oxygen atoms in total. The van der Waals surface area contributed by atoms with Gasteiger partial charge in [-0.25, -0.2) is 22.2 Å². The summed E-state index contributed by atoms with van der Waals surface area (Å²) in [6, 6.07) is 2.26. The zero-order valence-corrected chi connectivity index (χ0v) is 10.8. The van der Waals surface area contributed by atoms with Crippen LogP contribution in [-0.2, 0) is 10.0 Å². The normalized spacial score (nSPS) is 11.5. The lowest BCUT2D eigenvalue weighted by atomic mass is 10.3. The maximum Gasteiger partial charge on any atom is 0.266 e. The molecule has 96 valence electrons. The van der Waals surface area contributed by atoms with Crippen LogP contribution in [-0.4, -0.2) is 13.4 Å². The van der Waals surface area contributed by atoms with E-state index in [1.165, 1.54) is 0 Å². The number of nitrogens with one attached hydrogen (secondary N) is 1. The molecule has 0 fully saturated rings. The Labute approximate surface area is 106 Å². The van der Waals surface area contributed by atoms with Crippen LogP contribution in [0.15, 0.2) is 28.5 Å². The number of hydrogen-bond donors (Lipinski definition) is 1. The highest BCUT2D eigenvalue weighted by Crippen LogP contribution is 2.21. The van der Waals surface area contributed by atoms with Gasteiger partial charge in [-0.15, -0.1) is 11.3 Å². The van der Waals surface area contributed by atoms with Crippen LogP contribution in [0, 0.1) is 18.6 Å². The van der Waals surface area contributed by atoms with Gasteiger partial charge in [-0.1, -0.05) is 0 Å². The molecule has 1 N–H and O–H groups in total. The molecular formula is C10H8F2N2O2S2. The molecule has 1 heterocycles. The fraction of sp³-hybridized carbons (Fsp3) is 0.100. The second kappa shape index (κ2) is 4.62. The number of halogens is 2. The summed E-state index contributed by atoms with van der Waals surface area (Å²) in [7, 11) is -4.09. The topological polar surface area (TPSA) is 59.1 Å². The van der Waals surface area contributed by atoms with Crippen LogP contribution in [0.1, 0.15) is 5.69 Å². The minimum Gasteiger partial charge on any atom is -0.255 e. The third-order valence-corrected chi connectivity index (χ3v) is 4.40. The van der Waals surface area contributed by atoms with Crippen molar-refractivity contribution in [2.75, 3.05) is 4.72 Å². The summed E-state index contributed by atoms with van der Waals surface area (Å²) < 4.78 is 51.9. The van der Waals surface area contributed by atoms with Crippen molar-refractivity contribution in [3.63, 3.8) is 0 Å². The monoisotopic (exact) mass is 290 g/mol. The highest BCUT2D eigenvalue weighted by molar-refractivity contribution is 7.93. The number of rotatable bonds is 3. The van der Waals surface area contributed by atoms with Crippen LogP contribution in [0.3, 0.4) is 0 Å². The third kappa shape index (κ3) is 2.65. The zero-order valence-electron chi connectivity index (χ0n) is 9.15. The summed E-state index contributed by atoms with van der Waals surface area (Å²) in [5, 5.41) is 1.79. The number of anilines is 1. The van der Waals surface area contributed by atoms with Gasteiger partial charge >= 0.3 is 0 Å². The van der Waals surface area contributed by atoms with E-state index in [0.29, 0.717) is 11.8 Å². The highest BCUT2D eigenvalue weighted by Gasteiger charge is 2.20. The van der Waals surface area contributed by atoms with Gasteiger partial charge in [0.25, 0.3) is 10.0 Å². The molecule has 0 bridgehead atoms. The Bertz CT molecular complexity index is 683. The van der Waals surface area contributed by atoms with Crippen molar-refractivity contribution in [2.24, 2.45) is 0 Å². The quantitative estimate of drug-likeness (QED) is 0.945. The second-order valence-electron chi connectivity index (χ2n) is 3.47. The molecule has 2 rings (SSSR count). The lowest BCUT2D eigenvalue weighted by Crippen LogP contribution is -2.14. The van der Waals surface area contributed by atoms with Crippen molar-refractivity contribution in [3.8, 4) is 0 Å². The predicted octanol–water partition coefficient (Wildman–Crippen LogP) is 2.53. The zero-order chi connectivity index (χ0) is 13.3. The van der Waals surface area contributed by atoms with E-state index in [4.69, 9.17) is 0 Å². The minimum atomic E-state index is -4.09. The average Bonchev–Trinajstić information content (AvgIpc) is 2.62. The first-order valence-electron chi connectivity index (χ1n) is 4.78. The van der Waals surface area contributed by atoms with Crippen LogP contribution in [0.4, 0.5) is 13.9 Å². The number of aromatic nitrogens is 1. The van der Waals surface area contributed by atoms with Gasteiger partial charge in [0.15, 0.2) is 5.13 Å². The Morgan fingerprint density at radius 3 is 2.61 bits per heavy atom. The summed E-state index contributed by atoms with van der Waals surface area (Å²) in [4.78, 5) is 3.29. The van der Waals surface area contributed by atoms with E-state index in [9.17, 15) is 17.2 Å². The number of hydrogen-bond acceptors (Lipinski definition) is 4. The number of sulfonamides is 1. The Balaban J connectivity index is 2.36. The summed E-state index contributed by atoms with van der Waals surface area (Å²) in [5.74, 6) is -1.98. The molecule has 0 unspecified atom stereocenters. The first kappa shape index (κ1) is 12.9. The Morgan fingerprint density at radius 2 is 2.06 bits per heavy atom. The smallest absolute Gasteiger partial charge is 0.255 e. The van der Waals surface area contributed by atoms with Gasteiger partial charge in [0.2, 0.25) is 0 Å². The van der Waals surface area contributed by atoms with Crippen LogP contribution in [0.2, 0.25) is 0 Å². The summed E-state index contributed by atoms with van der Waals surface area (Å²) in [6.07, 6.45) is 0. The van der Waals surface area contributed by atoms with Crippen LogP contribution in [0.25, 0.3) is 0 Å². The number of nitrogens with zero attached hydrogens (tertiary/aromatic N) is 1. The highest BCUT2D eigenvalue weighted by atomic mass is 32.2. The molecule has 0 spiro atoms.